The average molecular weight is 197 g/mol. The summed E-state index contributed by atoms with van der Waals surface area (Å²) in [5.41, 5.74) is 1.66. The standard InChI is InChI=1S/C8H9ClN4/c1-2-3-5-6-7(9)10-4-11-8(6)13-12-5/h4H,2-3H2,1H3,(H,10,11,12,13). The number of aromatic nitrogens is 4. The third-order valence-corrected chi connectivity index (χ3v) is 2.17. The van der Waals surface area contributed by atoms with E-state index in [1.54, 1.807) is 0 Å². The molecule has 0 saturated carbocycles. The highest BCUT2D eigenvalue weighted by atomic mass is 35.5. The fourth-order valence-electron chi connectivity index (χ4n) is 1.31. The smallest absolute Gasteiger partial charge is 0.185 e. The number of hydrogen-bond donors (Lipinski definition) is 1. The summed E-state index contributed by atoms with van der Waals surface area (Å²) in [4.78, 5) is 7.92. The molecule has 2 heterocycles. The van der Waals surface area contributed by atoms with Crippen molar-refractivity contribution < 1.29 is 0 Å². The van der Waals surface area contributed by atoms with Crippen molar-refractivity contribution in [3.05, 3.63) is 17.2 Å². The highest BCUT2D eigenvalue weighted by Gasteiger charge is 2.09. The molecular formula is C8H9ClN4. The first-order valence-corrected chi connectivity index (χ1v) is 4.54. The maximum atomic E-state index is 5.93. The first-order chi connectivity index (χ1) is 6.33. The van der Waals surface area contributed by atoms with Crippen LogP contribution in [0.1, 0.15) is 19.0 Å². The topological polar surface area (TPSA) is 54.5 Å². The van der Waals surface area contributed by atoms with Crippen LogP contribution in [0.2, 0.25) is 5.15 Å². The predicted octanol–water partition coefficient (Wildman–Crippen LogP) is 1.96. The zero-order valence-corrected chi connectivity index (χ0v) is 7.97. The lowest BCUT2D eigenvalue weighted by molar-refractivity contribution is 0.873. The van der Waals surface area contributed by atoms with E-state index in [1.807, 2.05) is 0 Å². The van der Waals surface area contributed by atoms with Gasteiger partial charge in [0.2, 0.25) is 0 Å². The van der Waals surface area contributed by atoms with E-state index in [9.17, 15) is 0 Å². The fraction of sp³-hybridized carbons (Fsp3) is 0.375. The van der Waals surface area contributed by atoms with Gasteiger partial charge in [-0.2, -0.15) is 5.10 Å². The van der Waals surface area contributed by atoms with E-state index >= 15 is 0 Å². The number of aryl methyl sites for hydroxylation is 1. The van der Waals surface area contributed by atoms with Gasteiger partial charge in [-0.25, -0.2) is 9.97 Å². The van der Waals surface area contributed by atoms with Crippen molar-refractivity contribution in [1.82, 2.24) is 20.2 Å². The minimum atomic E-state index is 0.474. The normalized spacial score (nSPS) is 10.9. The molecule has 0 amide bonds. The molecule has 0 aliphatic carbocycles. The third kappa shape index (κ3) is 1.37. The average Bonchev–Trinajstić information content (AvgIpc) is 2.51. The maximum Gasteiger partial charge on any atom is 0.185 e. The molecule has 2 aromatic heterocycles. The molecule has 0 aliphatic heterocycles. The van der Waals surface area contributed by atoms with Crippen LogP contribution in [0.5, 0.6) is 0 Å². The number of hydrogen-bond acceptors (Lipinski definition) is 3. The summed E-state index contributed by atoms with van der Waals surface area (Å²) in [6, 6.07) is 0. The summed E-state index contributed by atoms with van der Waals surface area (Å²) < 4.78 is 0. The van der Waals surface area contributed by atoms with Crippen LogP contribution in [0.3, 0.4) is 0 Å². The summed E-state index contributed by atoms with van der Waals surface area (Å²) in [6.45, 7) is 2.10. The van der Waals surface area contributed by atoms with Crippen molar-refractivity contribution in [3.8, 4) is 0 Å². The summed E-state index contributed by atoms with van der Waals surface area (Å²) in [6.07, 6.45) is 3.38. The van der Waals surface area contributed by atoms with Gasteiger partial charge in [-0.1, -0.05) is 24.9 Å². The van der Waals surface area contributed by atoms with Crippen LogP contribution < -0.4 is 0 Å². The quantitative estimate of drug-likeness (QED) is 0.748. The molecule has 0 radical (unpaired) electrons. The molecule has 68 valence electrons. The molecule has 0 spiro atoms. The molecular weight excluding hydrogens is 188 g/mol. The third-order valence-electron chi connectivity index (χ3n) is 1.88. The molecule has 0 fully saturated rings. The van der Waals surface area contributed by atoms with Gasteiger partial charge in [0.15, 0.2) is 5.65 Å². The van der Waals surface area contributed by atoms with Gasteiger partial charge < -0.3 is 0 Å². The van der Waals surface area contributed by atoms with Gasteiger partial charge in [-0.3, -0.25) is 5.10 Å². The lowest BCUT2D eigenvalue weighted by atomic mass is 10.2. The van der Waals surface area contributed by atoms with E-state index in [4.69, 9.17) is 11.6 Å². The lowest BCUT2D eigenvalue weighted by Crippen LogP contribution is -1.86. The first-order valence-electron chi connectivity index (χ1n) is 4.16. The van der Waals surface area contributed by atoms with Gasteiger partial charge in [0.25, 0.3) is 0 Å². The lowest BCUT2D eigenvalue weighted by Gasteiger charge is -1.94. The minimum absolute atomic E-state index is 0.474. The van der Waals surface area contributed by atoms with E-state index in [1.165, 1.54) is 6.33 Å². The molecule has 5 heteroatoms. The number of nitrogens with one attached hydrogen (secondary N) is 1. The van der Waals surface area contributed by atoms with Crippen LogP contribution in [-0.4, -0.2) is 20.2 Å². The predicted molar refractivity (Wildman–Crippen MR) is 50.7 cm³/mol. The molecule has 4 nitrogen and oxygen atoms in total. The summed E-state index contributed by atoms with van der Waals surface area (Å²) in [5.74, 6) is 0. The molecule has 0 saturated heterocycles. The summed E-state index contributed by atoms with van der Waals surface area (Å²) in [5, 5.41) is 8.28. The number of nitrogens with zero attached hydrogens (tertiary/aromatic N) is 3. The molecule has 1 N–H and O–H groups in total. The fourth-order valence-corrected chi connectivity index (χ4v) is 1.55. The Morgan fingerprint density at radius 2 is 2.31 bits per heavy atom. The molecule has 0 aliphatic rings. The highest BCUT2D eigenvalue weighted by molar-refractivity contribution is 6.34. The first kappa shape index (κ1) is 8.44. The van der Waals surface area contributed by atoms with E-state index < -0.39 is 0 Å². The number of aromatic amines is 1. The summed E-state index contributed by atoms with van der Waals surface area (Å²) >= 11 is 5.93. The van der Waals surface area contributed by atoms with E-state index in [-0.39, 0.29) is 0 Å². The number of fused-ring (bicyclic) bond motifs is 1. The second kappa shape index (κ2) is 3.30. The molecule has 0 bridgehead atoms. The molecule has 13 heavy (non-hydrogen) atoms. The summed E-state index contributed by atoms with van der Waals surface area (Å²) in [7, 11) is 0. The Bertz CT molecular complexity index is 423. The van der Waals surface area contributed by atoms with E-state index in [2.05, 4.69) is 27.1 Å². The van der Waals surface area contributed by atoms with Crippen LogP contribution in [0.25, 0.3) is 11.0 Å². The van der Waals surface area contributed by atoms with Crippen LogP contribution in [0, 0.1) is 0 Å². The molecule has 0 unspecified atom stereocenters. The number of H-pyrrole nitrogens is 1. The van der Waals surface area contributed by atoms with Gasteiger partial charge in [0, 0.05) is 5.69 Å². The zero-order chi connectivity index (χ0) is 9.26. The highest BCUT2D eigenvalue weighted by Crippen LogP contribution is 2.21. The minimum Gasteiger partial charge on any atom is -0.280 e. The van der Waals surface area contributed by atoms with Crippen molar-refractivity contribution in [2.45, 2.75) is 19.8 Å². The van der Waals surface area contributed by atoms with Crippen molar-refractivity contribution in [2.75, 3.05) is 0 Å². The van der Waals surface area contributed by atoms with Gasteiger partial charge >= 0.3 is 0 Å². The number of rotatable bonds is 2. The Morgan fingerprint density at radius 1 is 1.46 bits per heavy atom. The molecule has 0 aromatic carbocycles. The molecule has 0 atom stereocenters. The van der Waals surface area contributed by atoms with Crippen LogP contribution >= 0.6 is 11.6 Å². The van der Waals surface area contributed by atoms with Gasteiger partial charge in [-0.15, -0.1) is 0 Å². The largest absolute Gasteiger partial charge is 0.280 e. The Balaban J connectivity index is 2.64. The zero-order valence-electron chi connectivity index (χ0n) is 7.21. The van der Waals surface area contributed by atoms with Crippen molar-refractivity contribution >= 4 is 22.6 Å². The maximum absolute atomic E-state index is 5.93. The van der Waals surface area contributed by atoms with Crippen LogP contribution in [0.15, 0.2) is 6.33 Å². The molecule has 2 rings (SSSR count). The van der Waals surface area contributed by atoms with Gasteiger partial charge in [-0.05, 0) is 6.42 Å². The van der Waals surface area contributed by atoms with Crippen molar-refractivity contribution in [3.63, 3.8) is 0 Å². The van der Waals surface area contributed by atoms with Crippen LogP contribution in [0.4, 0.5) is 0 Å². The second-order valence-electron chi connectivity index (χ2n) is 2.82. The Kier molecular flexibility index (Phi) is 2.14. The second-order valence-corrected chi connectivity index (χ2v) is 3.17. The van der Waals surface area contributed by atoms with Crippen LogP contribution in [-0.2, 0) is 6.42 Å². The monoisotopic (exact) mass is 196 g/mol. The van der Waals surface area contributed by atoms with Gasteiger partial charge in [0.05, 0.1) is 5.39 Å². The Morgan fingerprint density at radius 3 is 3.08 bits per heavy atom. The van der Waals surface area contributed by atoms with E-state index in [0.29, 0.717) is 10.8 Å². The Labute approximate surface area is 80.3 Å². The van der Waals surface area contributed by atoms with Crippen molar-refractivity contribution in [2.24, 2.45) is 0 Å². The SMILES string of the molecule is CCCc1[nH]nc2ncnc(Cl)c12. The Hall–Kier alpha value is -1.16. The van der Waals surface area contributed by atoms with Gasteiger partial charge in [0.1, 0.15) is 11.5 Å². The molecule has 2 aromatic rings. The van der Waals surface area contributed by atoms with Crippen molar-refractivity contribution in [1.29, 1.82) is 0 Å². The van der Waals surface area contributed by atoms with E-state index in [0.717, 1.165) is 23.9 Å². The number of halogens is 1.